The van der Waals surface area contributed by atoms with Crippen LogP contribution in [0, 0.1) is 0 Å². The number of hydrogen-bond acceptors (Lipinski definition) is 4. The average Bonchev–Trinajstić information content (AvgIpc) is 2.70. The van der Waals surface area contributed by atoms with Crippen LogP contribution in [0.15, 0.2) is 6.20 Å². The van der Waals surface area contributed by atoms with Gasteiger partial charge in [0.05, 0.1) is 12.2 Å². The standard InChI is InChI=1S/C12H23N5/c1-11-5-3-2-4-6-16(11)7-8-17-10-12(9-13)14-15-17/h10-11H,2-9,13H2,1H3. The predicted molar refractivity (Wildman–Crippen MR) is 67.4 cm³/mol. The van der Waals surface area contributed by atoms with Crippen molar-refractivity contribution in [2.45, 2.75) is 51.7 Å². The van der Waals surface area contributed by atoms with Crippen LogP contribution in [0.4, 0.5) is 0 Å². The first-order chi connectivity index (χ1) is 8.29. The van der Waals surface area contributed by atoms with Crippen LogP contribution in [0.1, 0.15) is 38.3 Å². The molecule has 1 aliphatic heterocycles. The second-order valence-corrected chi connectivity index (χ2v) is 4.91. The lowest BCUT2D eigenvalue weighted by Crippen LogP contribution is -2.35. The fraction of sp³-hybridized carbons (Fsp3) is 0.833. The molecule has 0 bridgehead atoms. The summed E-state index contributed by atoms with van der Waals surface area (Å²) in [6.07, 6.45) is 7.35. The van der Waals surface area contributed by atoms with E-state index in [1.807, 2.05) is 10.9 Å². The molecule has 1 fully saturated rings. The zero-order chi connectivity index (χ0) is 12.1. The molecule has 0 saturated carbocycles. The van der Waals surface area contributed by atoms with Gasteiger partial charge in [-0.1, -0.05) is 18.1 Å². The van der Waals surface area contributed by atoms with E-state index in [1.54, 1.807) is 0 Å². The van der Waals surface area contributed by atoms with Crippen LogP contribution in [0.2, 0.25) is 0 Å². The molecule has 1 unspecified atom stereocenters. The van der Waals surface area contributed by atoms with E-state index in [9.17, 15) is 0 Å². The van der Waals surface area contributed by atoms with Gasteiger partial charge in [0.1, 0.15) is 0 Å². The number of nitrogens with two attached hydrogens (primary N) is 1. The van der Waals surface area contributed by atoms with Crippen LogP contribution < -0.4 is 5.73 Å². The lowest BCUT2D eigenvalue weighted by Gasteiger charge is -2.26. The van der Waals surface area contributed by atoms with Gasteiger partial charge in [0.25, 0.3) is 0 Å². The zero-order valence-electron chi connectivity index (χ0n) is 10.7. The second-order valence-electron chi connectivity index (χ2n) is 4.91. The molecule has 0 amide bonds. The monoisotopic (exact) mass is 237 g/mol. The maximum Gasteiger partial charge on any atom is 0.0962 e. The fourth-order valence-electron chi connectivity index (χ4n) is 2.44. The molecule has 96 valence electrons. The van der Waals surface area contributed by atoms with Gasteiger partial charge in [-0.05, 0) is 26.3 Å². The van der Waals surface area contributed by atoms with E-state index < -0.39 is 0 Å². The topological polar surface area (TPSA) is 60.0 Å². The Labute approximate surface area is 103 Å². The predicted octanol–water partition coefficient (Wildman–Crippen LogP) is 1.00. The SMILES string of the molecule is CC1CCCCCN1CCn1cc(CN)nn1. The van der Waals surface area contributed by atoms with Gasteiger partial charge in [-0.2, -0.15) is 0 Å². The summed E-state index contributed by atoms with van der Waals surface area (Å²) in [5.74, 6) is 0. The van der Waals surface area contributed by atoms with Crippen molar-refractivity contribution >= 4 is 0 Å². The molecule has 1 aliphatic rings. The van der Waals surface area contributed by atoms with Gasteiger partial charge < -0.3 is 5.73 Å². The smallest absolute Gasteiger partial charge is 0.0962 e. The first-order valence-corrected chi connectivity index (χ1v) is 6.62. The summed E-state index contributed by atoms with van der Waals surface area (Å²) < 4.78 is 1.90. The molecular formula is C12H23N5. The van der Waals surface area contributed by atoms with Crippen LogP contribution >= 0.6 is 0 Å². The van der Waals surface area contributed by atoms with Crippen molar-refractivity contribution in [2.24, 2.45) is 5.73 Å². The average molecular weight is 237 g/mol. The van der Waals surface area contributed by atoms with E-state index in [2.05, 4.69) is 22.1 Å². The van der Waals surface area contributed by atoms with Gasteiger partial charge in [0.15, 0.2) is 0 Å². The Kier molecular flexibility index (Phi) is 4.50. The van der Waals surface area contributed by atoms with E-state index in [1.165, 1.54) is 32.2 Å². The summed E-state index contributed by atoms with van der Waals surface area (Å²) in [7, 11) is 0. The number of aromatic nitrogens is 3. The highest BCUT2D eigenvalue weighted by Crippen LogP contribution is 2.15. The highest BCUT2D eigenvalue weighted by molar-refractivity contribution is 4.90. The third-order valence-corrected chi connectivity index (χ3v) is 3.60. The largest absolute Gasteiger partial charge is 0.325 e. The Morgan fingerprint density at radius 3 is 3.00 bits per heavy atom. The molecule has 5 heteroatoms. The molecular weight excluding hydrogens is 214 g/mol. The minimum atomic E-state index is 0.472. The van der Waals surface area contributed by atoms with Gasteiger partial charge in [-0.15, -0.1) is 5.10 Å². The van der Waals surface area contributed by atoms with E-state index in [4.69, 9.17) is 5.73 Å². The second kappa shape index (κ2) is 6.12. The quantitative estimate of drug-likeness (QED) is 0.848. The van der Waals surface area contributed by atoms with Gasteiger partial charge >= 0.3 is 0 Å². The van der Waals surface area contributed by atoms with E-state index in [0.29, 0.717) is 12.6 Å². The lowest BCUT2D eigenvalue weighted by molar-refractivity contribution is 0.202. The number of hydrogen-bond donors (Lipinski definition) is 1. The lowest BCUT2D eigenvalue weighted by atomic mass is 10.1. The molecule has 2 N–H and O–H groups in total. The van der Waals surface area contributed by atoms with Crippen molar-refractivity contribution in [3.63, 3.8) is 0 Å². The first kappa shape index (κ1) is 12.5. The van der Waals surface area contributed by atoms with E-state index in [0.717, 1.165) is 18.8 Å². The van der Waals surface area contributed by atoms with Crippen LogP contribution in [0.25, 0.3) is 0 Å². The van der Waals surface area contributed by atoms with E-state index in [-0.39, 0.29) is 0 Å². The molecule has 1 saturated heterocycles. The van der Waals surface area contributed by atoms with Gasteiger partial charge in [-0.3, -0.25) is 9.58 Å². The molecule has 1 atom stereocenters. The van der Waals surface area contributed by atoms with Crippen molar-refractivity contribution in [3.8, 4) is 0 Å². The van der Waals surface area contributed by atoms with Crippen LogP contribution in [0.3, 0.4) is 0 Å². The maximum atomic E-state index is 5.52. The molecule has 0 aliphatic carbocycles. The Morgan fingerprint density at radius 1 is 1.35 bits per heavy atom. The van der Waals surface area contributed by atoms with Crippen molar-refractivity contribution in [3.05, 3.63) is 11.9 Å². The summed E-state index contributed by atoms with van der Waals surface area (Å²) in [4.78, 5) is 2.57. The maximum absolute atomic E-state index is 5.52. The van der Waals surface area contributed by atoms with Gasteiger partial charge in [-0.25, -0.2) is 0 Å². The molecule has 1 aromatic heterocycles. The molecule has 0 spiro atoms. The summed E-state index contributed by atoms with van der Waals surface area (Å²) >= 11 is 0. The van der Waals surface area contributed by atoms with Crippen LogP contribution in [-0.2, 0) is 13.1 Å². The molecule has 0 radical (unpaired) electrons. The minimum Gasteiger partial charge on any atom is -0.325 e. The molecule has 17 heavy (non-hydrogen) atoms. The van der Waals surface area contributed by atoms with Gasteiger partial charge in [0.2, 0.25) is 0 Å². The Hall–Kier alpha value is -0.940. The van der Waals surface area contributed by atoms with Crippen LogP contribution in [0.5, 0.6) is 0 Å². The summed E-state index contributed by atoms with van der Waals surface area (Å²) in [5, 5.41) is 8.09. The van der Waals surface area contributed by atoms with Crippen molar-refractivity contribution in [2.75, 3.05) is 13.1 Å². The first-order valence-electron chi connectivity index (χ1n) is 6.62. The third kappa shape index (κ3) is 3.51. The summed E-state index contributed by atoms with van der Waals surface area (Å²) in [6.45, 7) is 6.00. The summed E-state index contributed by atoms with van der Waals surface area (Å²) in [6, 6.07) is 0.704. The zero-order valence-corrected chi connectivity index (χ0v) is 10.7. The molecule has 2 rings (SSSR count). The van der Waals surface area contributed by atoms with Crippen molar-refractivity contribution in [1.82, 2.24) is 19.9 Å². The number of likely N-dealkylation sites (tertiary alicyclic amines) is 1. The molecule has 0 aromatic carbocycles. The Morgan fingerprint density at radius 2 is 2.24 bits per heavy atom. The number of rotatable bonds is 4. The van der Waals surface area contributed by atoms with Crippen molar-refractivity contribution < 1.29 is 0 Å². The molecule has 5 nitrogen and oxygen atoms in total. The van der Waals surface area contributed by atoms with Crippen molar-refractivity contribution in [1.29, 1.82) is 0 Å². The van der Waals surface area contributed by atoms with Crippen LogP contribution in [-0.4, -0.2) is 39.0 Å². The summed E-state index contributed by atoms with van der Waals surface area (Å²) in [5.41, 5.74) is 6.39. The molecule has 2 heterocycles. The fourth-order valence-corrected chi connectivity index (χ4v) is 2.44. The van der Waals surface area contributed by atoms with Gasteiger partial charge in [0, 0.05) is 25.3 Å². The normalized spacial score (nSPS) is 22.6. The number of nitrogens with zero attached hydrogens (tertiary/aromatic N) is 4. The highest BCUT2D eigenvalue weighted by Gasteiger charge is 2.16. The Bertz CT molecular complexity index is 335. The minimum absolute atomic E-state index is 0.472. The highest BCUT2D eigenvalue weighted by atomic mass is 15.4. The third-order valence-electron chi connectivity index (χ3n) is 3.60. The van der Waals surface area contributed by atoms with E-state index >= 15 is 0 Å². The Balaban J connectivity index is 1.83. The molecule has 1 aromatic rings.